The number of anilines is 1. The molecule has 2 heterocycles. The highest BCUT2D eigenvalue weighted by molar-refractivity contribution is 7.13. The van der Waals surface area contributed by atoms with Gasteiger partial charge in [0, 0.05) is 16.5 Å². The number of carbonyl (C=O) groups excluding carboxylic acids is 2. The number of hydrogen-bond donors (Lipinski definition) is 0. The fourth-order valence-corrected chi connectivity index (χ4v) is 4.94. The van der Waals surface area contributed by atoms with Crippen LogP contribution in [0.15, 0.2) is 78.2 Å². The van der Waals surface area contributed by atoms with E-state index in [1.165, 1.54) is 0 Å². The minimum atomic E-state index is -0.606. The Labute approximate surface area is 214 Å². The Morgan fingerprint density at radius 3 is 2.69 bits per heavy atom. The lowest BCUT2D eigenvalue weighted by Gasteiger charge is -2.33. The Kier molecular flexibility index (Phi) is 6.82. The smallest absolute Gasteiger partial charge is 0.338 e. The Hall–Kier alpha value is -3.97. The highest BCUT2D eigenvalue weighted by Gasteiger charge is 2.32. The molecule has 182 valence electrons. The van der Waals surface area contributed by atoms with Crippen LogP contribution < -0.4 is 9.64 Å². The molecule has 1 aliphatic rings. The van der Waals surface area contributed by atoms with E-state index in [4.69, 9.17) is 14.5 Å². The molecule has 0 bridgehead atoms. The van der Waals surface area contributed by atoms with Gasteiger partial charge in [-0.05, 0) is 49.2 Å². The third-order valence-corrected chi connectivity index (χ3v) is 6.82. The number of carbonyl (C=O) groups is 2. The number of ether oxygens (including phenoxy) is 2. The number of fused-ring (bicyclic) bond motifs is 1. The third kappa shape index (κ3) is 4.88. The summed E-state index contributed by atoms with van der Waals surface area (Å²) < 4.78 is 11.2. The van der Waals surface area contributed by atoms with E-state index >= 15 is 0 Å². The predicted octanol–water partition coefficient (Wildman–Crippen LogP) is 6.36. The zero-order valence-corrected chi connectivity index (χ0v) is 21.0. The molecule has 0 fully saturated rings. The molecule has 0 spiro atoms. The van der Waals surface area contributed by atoms with Gasteiger partial charge in [-0.2, -0.15) is 0 Å². The van der Waals surface area contributed by atoms with Crippen molar-refractivity contribution in [3.8, 4) is 27.6 Å². The Morgan fingerprint density at radius 2 is 1.89 bits per heavy atom. The van der Waals surface area contributed by atoms with Crippen molar-refractivity contribution in [1.82, 2.24) is 4.98 Å². The normalized spacial score (nSPS) is 14.8. The first-order valence-corrected chi connectivity index (χ1v) is 12.8. The van der Waals surface area contributed by atoms with Gasteiger partial charge in [0.05, 0.1) is 30.1 Å². The van der Waals surface area contributed by atoms with Gasteiger partial charge in [-0.1, -0.05) is 49.4 Å². The lowest BCUT2D eigenvalue weighted by Crippen LogP contribution is -2.44. The molecule has 4 aromatic rings. The van der Waals surface area contributed by atoms with Crippen LogP contribution in [0.1, 0.15) is 36.2 Å². The lowest BCUT2D eigenvalue weighted by molar-refractivity contribution is -0.125. The molecule has 36 heavy (non-hydrogen) atoms. The maximum absolute atomic E-state index is 13.2. The van der Waals surface area contributed by atoms with Gasteiger partial charge in [0.1, 0.15) is 10.8 Å². The van der Waals surface area contributed by atoms with Crippen LogP contribution in [0.2, 0.25) is 0 Å². The summed E-state index contributed by atoms with van der Waals surface area (Å²) in [4.78, 5) is 32.1. The molecule has 1 aliphatic heterocycles. The van der Waals surface area contributed by atoms with E-state index in [1.807, 2.05) is 73.0 Å². The fourth-order valence-electron chi connectivity index (χ4n) is 4.11. The number of thiazole rings is 1. The number of hydrogen-bond acceptors (Lipinski definition) is 6. The van der Waals surface area contributed by atoms with E-state index in [2.05, 4.69) is 0 Å². The molecule has 7 heteroatoms. The fraction of sp³-hybridized carbons (Fsp3) is 0.207. The Morgan fingerprint density at radius 1 is 1.06 bits per heavy atom. The summed E-state index contributed by atoms with van der Waals surface area (Å²) in [6.07, 6.45) is 0.154. The summed E-state index contributed by atoms with van der Waals surface area (Å²) in [5.74, 6) is 0.144. The van der Waals surface area contributed by atoms with Crippen LogP contribution in [-0.4, -0.2) is 29.6 Å². The van der Waals surface area contributed by atoms with Crippen molar-refractivity contribution in [3.63, 3.8) is 0 Å². The predicted molar refractivity (Wildman–Crippen MR) is 141 cm³/mol. The quantitative estimate of drug-likeness (QED) is 0.277. The molecule has 5 rings (SSSR count). The van der Waals surface area contributed by atoms with Gasteiger partial charge < -0.3 is 14.4 Å². The second kappa shape index (κ2) is 10.3. The number of aromatic nitrogens is 1. The highest BCUT2D eigenvalue weighted by atomic mass is 32.1. The van der Waals surface area contributed by atoms with Crippen molar-refractivity contribution in [2.45, 2.75) is 32.9 Å². The summed E-state index contributed by atoms with van der Waals surface area (Å²) >= 11 is 1.58. The molecule has 1 aromatic heterocycles. The minimum absolute atomic E-state index is 0.137. The van der Waals surface area contributed by atoms with Crippen molar-refractivity contribution < 1.29 is 19.1 Å². The van der Waals surface area contributed by atoms with Crippen molar-refractivity contribution in [2.75, 3.05) is 11.5 Å². The largest absolute Gasteiger partial charge is 0.479 e. The third-order valence-electron chi connectivity index (χ3n) is 5.93. The molecule has 0 saturated carbocycles. The van der Waals surface area contributed by atoms with Gasteiger partial charge >= 0.3 is 5.97 Å². The summed E-state index contributed by atoms with van der Waals surface area (Å²) in [5, 5.41) is 2.96. The monoisotopic (exact) mass is 498 g/mol. The zero-order chi connectivity index (χ0) is 25.1. The molecule has 6 nitrogen and oxygen atoms in total. The molecule has 0 aliphatic carbocycles. The van der Waals surface area contributed by atoms with Gasteiger partial charge in [-0.15, -0.1) is 11.3 Å². The van der Waals surface area contributed by atoms with Crippen molar-refractivity contribution in [1.29, 1.82) is 0 Å². The number of nitrogens with zero attached hydrogens (tertiary/aromatic N) is 2. The van der Waals surface area contributed by atoms with E-state index in [1.54, 1.807) is 35.3 Å². The van der Waals surface area contributed by atoms with Gasteiger partial charge in [-0.25, -0.2) is 9.78 Å². The molecule has 0 N–H and O–H groups in total. The molecule has 1 unspecified atom stereocenters. The number of amides is 1. The van der Waals surface area contributed by atoms with E-state index in [9.17, 15) is 9.59 Å². The van der Waals surface area contributed by atoms with Crippen molar-refractivity contribution in [2.24, 2.45) is 0 Å². The first kappa shape index (κ1) is 23.8. The first-order chi connectivity index (χ1) is 17.5. The van der Waals surface area contributed by atoms with Crippen LogP contribution in [0.4, 0.5) is 5.69 Å². The van der Waals surface area contributed by atoms with E-state index in [0.717, 1.165) is 33.8 Å². The molecule has 0 radical (unpaired) electrons. The van der Waals surface area contributed by atoms with E-state index < -0.39 is 6.10 Å². The summed E-state index contributed by atoms with van der Waals surface area (Å²) in [6.45, 7) is 4.39. The first-order valence-electron chi connectivity index (χ1n) is 11.9. The van der Waals surface area contributed by atoms with E-state index in [-0.39, 0.29) is 11.9 Å². The molecule has 0 saturated heterocycles. The average Bonchev–Trinajstić information content (AvgIpc) is 3.41. The topological polar surface area (TPSA) is 68.7 Å². The Balaban J connectivity index is 1.45. The minimum Gasteiger partial charge on any atom is -0.479 e. The van der Waals surface area contributed by atoms with E-state index in [0.29, 0.717) is 30.2 Å². The van der Waals surface area contributed by atoms with Gasteiger partial charge in [0.15, 0.2) is 6.10 Å². The summed E-state index contributed by atoms with van der Waals surface area (Å²) in [6, 6.07) is 23.1. The number of rotatable bonds is 7. The maximum atomic E-state index is 13.2. The van der Waals surface area contributed by atoms with Gasteiger partial charge in [-0.3, -0.25) is 4.79 Å². The van der Waals surface area contributed by atoms with Crippen LogP contribution >= 0.6 is 11.3 Å². The Bertz CT molecular complexity index is 1400. The lowest BCUT2D eigenvalue weighted by atomic mass is 10.1. The molecule has 3 aromatic carbocycles. The van der Waals surface area contributed by atoms with Crippen LogP contribution in [-0.2, 0) is 16.1 Å². The highest BCUT2D eigenvalue weighted by Crippen LogP contribution is 2.39. The summed E-state index contributed by atoms with van der Waals surface area (Å²) in [7, 11) is 0. The zero-order valence-electron chi connectivity index (χ0n) is 20.1. The second-order valence-electron chi connectivity index (χ2n) is 8.61. The van der Waals surface area contributed by atoms with Crippen LogP contribution in [0, 0.1) is 0 Å². The summed E-state index contributed by atoms with van der Waals surface area (Å²) in [5.41, 5.74) is 4.80. The van der Waals surface area contributed by atoms with Gasteiger partial charge in [0.2, 0.25) is 0 Å². The standard InChI is InChI=1S/C29H26N2O4S/c1-3-14-34-29(33)23-11-7-8-20(15-23)17-31-25-16-22(12-13-26(25)35-19(2)28(31)32)24-18-36-27(30-24)21-9-5-4-6-10-21/h4-13,15-16,18-19H,3,14,17H2,1-2H3. The van der Waals surface area contributed by atoms with Crippen molar-refractivity contribution in [3.05, 3.63) is 89.3 Å². The maximum Gasteiger partial charge on any atom is 0.338 e. The second-order valence-corrected chi connectivity index (χ2v) is 9.47. The molecule has 1 amide bonds. The molecule has 1 atom stereocenters. The van der Waals surface area contributed by atoms with Crippen LogP contribution in [0.5, 0.6) is 5.75 Å². The van der Waals surface area contributed by atoms with Crippen LogP contribution in [0.3, 0.4) is 0 Å². The van der Waals surface area contributed by atoms with Crippen LogP contribution in [0.25, 0.3) is 21.8 Å². The van der Waals surface area contributed by atoms with Gasteiger partial charge in [0.25, 0.3) is 5.91 Å². The average molecular weight is 499 g/mol. The van der Waals surface area contributed by atoms with Crippen molar-refractivity contribution >= 4 is 28.9 Å². The number of esters is 1. The molecular formula is C29H26N2O4S. The number of benzene rings is 3. The SMILES string of the molecule is CCCOC(=O)c1cccc(CN2C(=O)C(C)Oc3ccc(-c4csc(-c5ccccc5)n4)cc32)c1. The molecular weight excluding hydrogens is 472 g/mol.